The van der Waals surface area contributed by atoms with Gasteiger partial charge in [0.1, 0.15) is 17.2 Å². The average molecular weight is 348 g/mol. The minimum absolute atomic E-state index is 0.210. The molecule has 3 rings (SSSR count). The normalized spacial score (nSPS) is 16.8. The van der Waals surface area contributed by atoms with Crippen LogP contribution in [-0.2, 0) is 4.74 Å². The summed E-state index contributed by atoms with van der Waals surface area (Å²) in [6.07, 6.45) is 1.42. The van der Waals surface area contributed by atoms with Gasteiger partial charge in [0, 0.05) is 19.6 Å². The van der Waals surface area contributed by atoms with Crippen LogP contribution in [0.15, 0.2) is 30.6 Å². The van der Waals surface area contributed by atoms with Gasteiger partial charge >= 0.3 is 0 Å². The van der Waals surface area contributed by atoms with E-state index >= 15 is 0 Å². The molecule has 0 amide bonds. The maximum absolute atomic E-state index is 6.18. The van der Waals surface area contributed by atoms with Crippen LogP contribution in [0.2, 0.25) is 5.02 Å². The number of hydrogen-bond donors (Lipinski definition) is 2. The van der Waals surface area contributed by atoms with Crippen molar-refractivity contribution in [3.63, 3.8) is 0 Å². The van der Waals surface area contributed by atoms with E-state index in [0.717, 1.165) is 26.3 Å². The Labute approximate surface area is 147 Å². The highest BCUT2D eigenvalue weighted by atomic mass is 35.5. The number of aryl methyl sites for hydroxylation is 1. The Kier molecular flexibility index (Phi) is 5.50. The van der Waals surface area contributed by atoms with Crippen LogP contribution in [0, 0.1) is 6.92 Å². The number of benzene rings is 1. The minimum atomic E-state index is 0.210. The van der Waals surface area contributed by atoms with Crippen molar-refractivity contribution in [2.75, 3.05) is 43.9 Å². The maximum atomic E-state index is 6.18. The number of nitrogens with two attached hydrogens (primary N) is 1. The number of nitrogen functional groups attached to an aromatic ring is 1. The van der Waals surface area contributed by atoms with Gasteiger partial charge in [0.15, 0.2) is 5.82 Å². The summed E-state index contributed by atoms with van der Waals surface area (Å²) >= 11 is 6.18. The number of halogens is 1. The fourth-order valence-electron chi connectivity index (χ4n) is 2.84. The summed E-state index contributed by atoms with van der Waals surface area (Å²) in [6.45, 7) is 6.08. The molecule has 1 aliphatic rings. The minimum Gasteiger partial charge on any atom is -0.382 e. The summed E-state index contributed by atoms with van der Waals surface area (Å²) in [4.78, 5) is 10.5. The van der Waals surface area contributed by atoms with Crippen molar-refractivity contribution < 1.29 is 4.74 Å². The molecule has 0 spiro atoms. The van der Waals surface area contributed by atoms with E-state index in [9.17, 15) is 0 Å². The first kappa shape index (κ1) is 17.0. The molecule has 1 fully saturated rings. The molecule has 2 heterocycles. The molecular weight excluding hydrogens is 326 g/mol. The monoisotopic (exact) mass is 347 g/mol. The second kappa shape index (κ2) is 7.79. The summed E-state index contributed by atoms with van der Waals surface area (Å²) in [5, 5.41) is 3.68. The van der Waals surface area contributed by atoms with Gasteiger partial charge in [0.25, 0.3) is 0 Å². The number of nitrogens with zero attached hydrogens (tertiary/aromatic N) is 3. The first-order valence-corrected chi connectivity index (χ1v) is 8.41. The molecule has 1 unspecified atom stereocenters. The second-order valence-corrected chi connectivity index (χ2v) is 6.26. The number of aromatic nitrogens is 2. The number of rotatable bonds is 5. The molecule has 3 N–H and O–H groups in total. The molecule has 1 aromatic heterocycles. The Hall–Kier alpha value is -1.89. The molecule has 0 bridgehead atoms. The van der Waals surface area contributed by atoms with Gasteiger partial charge < -0.3 is 15.8 Å². The molecular formula is C17H22ClN5O. The van der Waals surface area contributed by atoms with Gasteiger partial charge in [-0.15, -0.1) is 0 Å². The lowest BCUT2D eigenvalue weighted by molar-refractivity contribution is 0.0187. The summed E-state index contributed by atoms with van der Waals surface area (Å²) in [5.74, 6) is 0.849. The van der Waals surface area contributed by atoms with Gasteiger partial charge in [-0.25, -0.2) is 9.97 Å². The zero-order valence-corrected chi connectivity index (χ0v) is 14.5. The van der Waals surface area contributed by atoms with Crippen molar-refractivity contribution >= 4 is 23.2 Å². The summed E-state index contributed by atoms with van der Waals surface area (Å²) in [7, 11) is 0. The smallest absolute Gasteiger partial charge is 0.150 e. The standard InChI is InChI=1S/C17H22ClN5O/c1-12-2-4-13(5-3-12)14(23-6-8-24-9-7-23)10-20-17-15(18)16(19)21-11-22-17/h2-5,11,14H,6-10H2,1H3,(H3,19,20,21,22). The molecule has 1 aromatic carbocycles. The number of anilines is 2. The molecule has 128 valence electrons. The van der Waals surface area contributed by atoms with Crippen LogP contribution in [0.5, 0.6) is 0 Å². The fraction of sp³-hybridized carbons (Fsp3) is 0.412. The van der Waals surface area contributed by atoms with Crippen molar-refractivity contribution in [3.8, 4) is 0 Å². The fourth-order valence-corrected chi connectivity index (χ4v) is 3.00. The molecule has 7 heteroatoms. The van der Waals surface area contributed by atoms with Crippen molar-refractivity contribution in [2.45, 2.75) is 13.0 Å². The number of morpholine rings is 1. The second-order valence-electron chi connectivity index (χ2n) is 5.88. The third-order valence-corrected chi connectivity index (χ3v) is 4.60. The first-order valence-electron chi connectivity index (χ1n) is 8.03. The van der Waals surface area contributed by atoms with E-state index < -0.39 is 0 Å². The van der Waals surface area contributed by atoms with Crippen LogP contribution in [-0.4, -0.2) is 47.7 Å². The molecule has 6 nitrogen and oxygen atoms in total. The molecule has 24 heavy (non-hydrogen) atoms. The Morgan fingerprint density at radius 1 is 1.25 bits per heavy atom. The Bertz CT molecular complexity index is 673. The van der Waals surface area contributed by atoms with Gasteiger partial charge in [-0.1, -0.05) is 41.4 Å². The van der Waals surface area contributed by atoms with Crippen LogP contribution >= 0.6 is 11.6 Å². The molecule has 0 radical (unpaired) electrons. The largest absolute Gasteiger partial charge is 0.382 e. The number of ether oxygens (including phenoxy) is 1. The SMILES string of the molecule is Cc1ccc(C(CNc2ncnc(N)c2Cl)N2CCOCC2)cc1. The van der Waals surface area contributed by atoms with E-state index in [-0.39, 0.29) is 11.9 Å². The lowest BCUT2D eigenvalue weighted by atomic mass is 10.0. The lowest BCUT2D eigenvalue weighted by Crippen LogP contribution is -2.41. The summed E-state index contributed by atoms with van der Waals surface area (Å²) < 4.78 is 5.48. The zero-order valence-electron chi connectivity index (χ0n) is 13.7. The Morgan fingerprint density at radius 3 is 2.67 bits per heavy atom. The number of nitrogens with one attached hydrogen (secondary N) is 1. The van der Waals surface area contributed by atoms with Crippen LogP contribution in [0.4, 0.5) is 11.6 Å². The predicted molar refractivity (Wildman–Crippen MR) is 96.3 cm³/mol. The van der Waals surface area contributed by atoms with Gasteiger partial charge in [-0.2, -0.15) is 0 Å². The van der Waals surface area contributed by atoms with E-state index in [1.165, 1.54) is 17.5 Å². The van der Waals surface area contributed by atoms with Gasteiger partial charge in [0.05, 0.1) is 19.3 Å². The van der Waals surface area contributed by atoms with Gasteiger partial charge in [0.2, 0.25) is 0 Å². The first-order chi connectivity index (χ1) is 11.6. The summed E-state index contributed by atoms with van der Waals surface area (Å²) in [5.41, 5.74) is 8.25. The molecule has 1 saturated heterocycles. The quantitative estimate of drug-likeness (QED) is 0.865. The number of hydrogen-bond acceptors (Lipinski definition) is 6. The Balaban J connectivity index is 1.79. The molecule has 1 aliphatic heterocycles. The van der Waals surface area contributed by atoms with E-state index in [1.807, 2.05) is 0 Å². The predicted octanol–water partition coefficient (Wildman–Crippen LogP) is 2.51. The van der Waals surface area contributed by atoms with Gasteiger partial charge in [-0.3, -0.25) is 4.90 Å². The van der Waals surface area contributed by atoms with Crippen molar-refractivity contribution in [1.82, 2.24) is 14.9 Å². The van der Waals surface area contributed by atoms with E-state index in [4.69, 9.17) is 22.1 Å². The van der Waals surface area contributed by atoms with Crippen molar-refractivity contribution in [3.05, 3.63) is 46.7 Å². The van der Waals surface area contributed by atoms with E-state index in [1.54, 1.807) is 0 Å². The van der Waals surface area contributed by atoms with Crippen LogP contribution in [0.1, 0.15) is 17.2 Å². The third kappa shape index (κ3) is 3.95. The lowest BCUT2D eigenvalue weighted by Gasteiger charge is -2.35. The summed E-state index contributed by atoms with van der Waals surface area (Å²) in [6, 6.07) is 8.83. The zero-order chi connectivity index (χ0) is 16.9. The van der Waals surface area contributed by atoms with Crippen LogP contribution in [0.3, 0.4) is 0 Å². The average Bonchev–Trinajstić information content (AvgIpc) is 2.61. The van der Waals surface area contributed by atoms with Crippen LogP contribution in [0.25, 0.3) is 0 Å². The molecule has 1 atom stereocenters. The van der Waals surface area contributed by atoms with Crippen molar-refractivity contribution in [2.24, 2.45) is 0 Å². The molecule has 0 saturated carbocycles. The third-order valence-electron chi connectivity index (χ3n) is 4.23. The van der Waals surface area contributed by atoms with E-state index in [2.05, 4.69) is 51.4 Å². The highest BCUT2D eigenvalue weighted by molar-refractivity contribution is 6.35. The van der Waals surface area contributed by atoms with E-state index in [0.29, 0.717) is 17.4 Å². The highest BCUT2D eigenvalue weighted by Gasteiger charge is 2.23. The highest BCUT2D eigenvalue weighted by Crippen LogP contribution is 2.26. The topological polar surface area (TPSA) is 76.3 Å². The Morgan fingerprint density at radius 2 is 1.96 bits per heavy atom. The van der Waals surface area contributed by atoms with Gasteiger partial charge in [-0.05, 0) is 12.5 Å². The molecule has 2 aromatic rings. The van der Waals surface area contributed by atoms with Crippen LogP contribution < -0.4 is 11.1 Å². The maximum Gasteiger partial charge on any atom is 0.150 e. The molecule has 0 aliphatic carbocycles. The van der Waals surface area contributed by atoms with Crippen molar-refractivity contribution in [1.29, 1.82) is 0 Å².